The Morgan fingerprint density at radius 3 is 2.60 bits per heavy atom. The van der Waals surface area contributed by atoms with E-state index in [2.05, 4.69) is 56.9 Å². The molecule has 0 aliphatic carbocycles. The monoisotopic (exact) mass is 347 g/mol. The molecule has 0 radical (unpaired) electrons. The highest BCUT2D eigenvalue weighted by molar-refractivity contribution is 5.72. The molecule has 1 aromatic rings. The van der Waals surface area contributed by atoms with E-state index in [1.165, 1.54) is 11.1 Å². The maximum absolute atomic E-state index is 11.8. The van der Waals surface area contributed by atoms with Gasteiger partial charge in [0.15, 0.2) is 6.79 Å². The van der Waals surface area contributed by atoms with Crippen LogP contribution in [0.2, 0.25) is 0 Å². The third-order valence-corrected chi connectivity index (χ3v) is 5.02. The van der Waals surface area contributed by atoms with Crippen LogP contribution in [0.25, 0.3) is 0 Å². The second-order valence-corrected chi connectivity index (χ2v) is 8.45. The summed E-state index contributed by atoms with van der Waals surface area (Å²) in [6, 6.07) is 8.97. The number of benzene rings is 1. The molecule has 140 valence electrons. The zero-order chi connectivity index (χ0) is 18.4. The quantitative estimate of drug-likeness (QED) is 0.633. The number of piperidine rings is 1. The molecule has 2 atom stereocenters. The number of likely N-dealkylation sites (tertiary alicyclic amines) is 1. The van der Waals surface area contributed by atoms with Gasteiger partial charge in [0.2, 0.25) is 0 Å². The molecule has 25 heavy (non-hydrogen) atoms. The molecule has 0 spiro atoms. The van der Waals surface area contributed by atoms with E-state index < -0.39 is 6.79 Å². The van der Waals surface area contributed by atoms with Crippen molar-refractivity contribution in [2.75, 3.05) is 26.4 Å². The second-order valence-electron chi connectivity index (χ2n) is 8.45. The molecular weight excluding hydrogens is 314 g/mol. The first kappa shape index (κ1) is 19.9. The number of ether oxygens (including phenoxy) is 1. The van der Waals surface area contributed by atoms with Gasteiger partial charge in [-0.15, -0.1) is 0 Å². The molecule has 1 heterocycles. The molecule has 1 N–H and O–H groups in total. The van der Waals surface area contributed by atoms with Gasteiger partial charge in [-0.1, -0.05) is 52.0 Å². The van der Waals surface area contributed by atoms with Crippen LogP contribution in [0.1, 0.15) is 51.7 Å². The first-order valence-electron chi connectivity index (χ1n) is 9.39. The molecule has 1 aliphatic heterocycles. The number of carbonyl (C=O) groups excluding carboxylic acids is 1. The fraction of sp³-hybridized carbons (Fsp3) is 0.667. The number of carbonyl (C=O) groups is 1. The third kappa shape index (κ3) is 6.12. The lowest BCUT2D eigenvalue weighted by Gasteiger charge is -2.33. The Balaban J connectivity index is 1.85. The normalized spacial score (nSPS) is 20.3. The number of hydrogen-bond donors (Lipinski definition) is 1. The fourth-order valence-corrected chi connectivity index (χ4v) is 3.64. The van der Waals surface area contributed by atoms with Crippen LogP contribution < -0.4 is 0 Å². The topological polar surface area (TPSA) is 49.8 Å². The fourth-order valence-electron chi connectivity index (χ4n) is 3.64. The van der Waals surface area contributed by atoms with Gasteiger partial charge in [0, 0.05) is 13.1 Å². The van der Waals surface area contributed by atoms with Crippen molar-refractivity contribution in [2.45, 2.75) is 52.4 Å². The molecule has 2 unspecified atom stereocenters. The number of rotatable bonds is 6. The average Bonchev–Trinajstić information content (AvgIpc) is 2.55. The van der Waals surface area contributed by atoms with Gasteiger partial charge >= 0.3 is 5.97 Å². The average molecular weight is 347 g/mol. The summed E-state index contributed by atoms with van der Waals surface area (Å²) in [5.41, 5.74) is 2.93. The Bertz CT molecular complexity index is 547. The standard InChI is InChI=1S/C21H33NO3/c1-16(12-17-7-9-19(10-8-17)21(2,3)4)13-22-11-5-6-18(14-22)20(24)25-15-23/h7-10,16,18,23H,5-6,11-15H2,1-4H3. The summed E-state index contributed by atoms with van der Waals surface area (Å²) in [6.45, 7) is 11.2. The van der Waals surface area contributed by atoms with Gasteiger partial charge in [-0.3, -0.25) is 4.79 Å². The van der Waals surface area contributed by atoms with E-state index in [1.807, 2.05) is 0 Å². The molecule has 1 fully saturated rings. The third-order valence-electron chi connectivity index (χ3n) is 5.02. The number of nitrogens with zero attached hydrogens (tertiary/aromatic N) is 1. The summed E-state index contributed by atoms with van der Waals surface area (Å²) in [4.78, 5) is 14.2. The number of hydrogen-bond acceptors (Lipinski definition) is 4. The van der Waals surface area contributed by atoms with E-state index in [1.54, 1.807) is 0 Å². The second kappa shape index (κ2) is 8.81. The Morgan fingerprint density at radius 1 is 1.32 bits per heavy atom. The predicted molar refractivity (Wildman–Crippen MR) is 100 cm³/mol. The minimum absolute atomic E-state index is 0.0980. The zero-order valence-electron chi connectivity index (χ0n) is 16.1. The van der Waals surface area contributed by atoms with E-state index in [-0.39, 0.29) is 17.3 Å². The van der Waals surface area contributed by atoms with Crippen LogP contribution in [-0.4, -0.2) is 42.4 Å². The van der Waals surface area contributed by atoms with Crippen LogP contribution in [0.15, 0.2) is 24.3 Å². The Labute approximate surface area is 152 Å². The summed E-state index contributed by atoms with van der Waals surface area (Å²) >= 11 is 0. The van der Waals surface area contributed by atoms with Crippen molar-refractivity contribution >= 4 is 5.97 Å². The van der Waals surface area contributed by atoms with Crippen molar-refractivity contribution < 1.29 is 14.6 Å². The van der Waals surface area contributed by atoms with Crippen molar-refractivity contribution in [1.82, 2.24) is 4.90 Å². The van der Waals surface area contributed by atoms with E-state index in [9.17, 15) is 4.79 Å². The van der Waals surface area contributed by atoms with Gasteiger partial charge in [0.25, 0.3) is 0 Å². The molecule has 1 aliphatic rings. The van der Waals surface area contributed by atoms with Crippen molar-refractivity contribution in [2.24, 2.45) is 11.8 Å². The summed E-state index contributed by atoms with van der Waals surface area (Å²) in [6.07, 6.45) is 2.92. The first-order chi connectivity index (χ1) is 11.8. The van der Waals surface area contributed by atoms with E-state index in [0.717, 1.165) is 38.9 Å². The summed E-state index contributed by atoms with van der Waals surface area (Å²) in [5, 5.41) is 8.76. The highest BCUT2D eigenvalue weighted by Crippen LogP contribution is 2.24. The predicted octanol–water partition coefficient (Wildman–Crippen LogP) is 3.37. The highest BCUT2D eigenvalue weighted by Gasteiger charge is 2.27. The summed E-state index contributed by atoms with van der Waals surface area (Å²) < 4.78 is 4.76. The Hall–Kier alpha value is -1.39. The van der Waals surface area contributed by atoms with Gasteiger partial charge in [-0.05, 0) is 48.3 Å². The first-order valence-corrected chi connectivity index (χ1v) is 9.39. The molecule has 4 nitrogen and oxygen atoms in total. The lowest BCUT2D eigenvalue weighted by molar-refractivity contribution is -0.158. The molecular formula is C21H33NO3. The van der Waals surface area contributed by atoms with Crippen LogP contribution >= 0.6 is 0 Å². The summed E-state index contributed by atoms with van der Waals surface area (Å²) in [7, 11) is 0. The van der Waals surface area contributed by atoms with Crippen LogP contribution in [0.4, 0.5) is 0 Å². The molecule has 2 rings (SSSR count). The SMILES string of the molecule is CC(Cc1ccc(C(C)(C)C)cc1)CN1CCCC(C(=O)OCO)C1. The minimum atomic E-state index is -0.518. The van der Waals surface area contributed by atoms with Crippen LogP contribution in [-0.2, 0) is 21.4 Å². The molecule has 4 heteroatoms. The lowest BCUT2D eigenvalue weighted by Crippen LogP contribution is -2.41. The number of aliphatic hydroxyl groups is 1. The Morgan fingerprint density at radius 2 is 2.00 bits per heavy atom. The summed E-state index contributed by atoms with van der Waals surface area (Å²) in [5.74, 6) is 0.171. The van der Waals surface area contributed by atoms with Crippen LogP contribution in [0, 0.1) is 11.8 Å². The van der Waals surface area contributed by atoms with Crippen molar-refractivity contribution in [3.63, 3.8) is 0 Å². The van der Waals surface area contributed by atoms with Gasteiger partial charge < -0.3 is 14.7 Å². The van der Waals surface area contributed by atoms with Gasteiger partial charge in [0.05, 0.1) is 5.92 Å². The van der Waals surface area contributed by atoms with Crippen molar-refractivity contribution in [3.8, 4) is 0 Å². The maximum atomic E-state index is 11.8. The van der Waals surface area contributed by atoms with Crippen LogP contribution in [0.5, 0.6) is 0 Å². The maximum Gasteiger partial charge on any atom is 0.312 e. The molecule has 0 bridgehead atoms. The van der Waals surface area contributed by atoms with Gasteiger partial charge in [-0.25, -0.2) is 0 Å². The van der Waals surface area contributed by atoms with E-state index >= 15 is 0 Å². The Kier molecular flexibility index (Phi) is 7.03. The molecule has 0 amide bonds. The molecule has 1 saturated heterocycles. The van der Waals surface area contributed by atoms with Gasteiger partial charge in [-0.2, -0.15) is 0 Å². The highest BCUT2D eigenvalue weighted by atomic mass is 16.6. The number of aliphatic hydroxyl groups excluding tert-OH is 1. The zero-order valence-corrected chi connectivity index (χ0v) is 16.1. The number of esters is 1. The van der Waals surface area contributed by atoms with Crippen LogP contribution in [0.3, 0.4) is 0 Å². The van der Waals surface area contributed by atoms with E-state index in [4.69, 9.17) is 9.84 Å². The van der Waals surface area contributed by atoms with Gasteiger partial charge in [0.1, 0.15) is 0 Å². The molecule has 0 aromatic heterocycles. The molecule has 0 saturated carbocycles. The smallest absolute Gasteiger partial charge is 0.312 e. The van der Waals surface area contributed by atoms with Crippen molar-refractivity contribution in [3.05, 3.63) is 35.4 Å². The van der Waals surface area contributed by atoms with E-state index in [0.29, 0.717) is 5.92 Å². The largest absolute Gasteiger partial charge is 0.438 e. The minimum Gasteiger partial charge on any atom is -0.438 e. The van der Waals surface area contributed by atoms with Crippen molar-refractivity contribution in [1.29, 1.82) is 0 Å². The molecule has 1 aromatic carbocycles. The lowest BCUT2D eigenvalue weighted by atomic mass is 9.86.